The third-order valence-electron chi connectivity index (χ3n) is 6.13. The lowest BCUT2D eigenvalue weighted by Crippen LogP contribution is -2.29. The van der Waals surface area contributed by atoms with E-state index in [2.05, 4.69) is 34.9 Å². The predicted octanol–water partition coefficient (Wildman–Crippen LogP) is 5.30. The smallest absolute Gasteiger partial charge is 0.322 e. The number of aromatic nitrogens is 4. The third-order valence-corrected chi connectivity index (χ3v) is 6.38. The highest BCUT2D eigenvalue weighted by Gasteiger charge is 2.19. The monoisotopic (exact) mass is 464 g/mol. The minimum Gasteiger partial charge on any atom is -0.322 e. The Morgan fingerprint density at radius 3 is 2.52 bits per heavy atom. The highest BCUT2D eigenvalue weighted by molar-refractivity contribution is 6.30. The number of hydrogen-bond acceptors (Lipinski definition) is 4. The van der Waals surface area contributed by atoms with E-state index in [0.29, 0.717) is 17.4 Å². The summed E-state index contributed by atoms with van der Waals surface area (Å²) in [5.41, 5.74) is 4.34. The number of fused-ring (bicyclic) bond motifs is 2. The quantitative estimate of drug-likeness (QED) is 0.269. The highest BCUT2D eigenvalue weighted by Crippen LogP contribution is 2.26. The van der Waals surface area contributed by atoms with E-state index >= 15 is 0 Å². The van der Waals surface area contributed by atoms with E-state index in [4.69, 9.17) is 11.6 Å². The second kappa shape index (κ2) is 10.3. The molecule has 0 atom stereocenters. The van der Waals surface area contributed by atoms with Crippen LogP contribution in [0.5, 0.6) is 0 Å². The molecule has 0 fully saturated rings. The predicted molar refractivity (Wildman–Crippen MR) is 133 cm³/mol. The van der Waals surface area contributed by atoms with Crippen molar-refractivity contribution in [2.75, 3.05) is 0 Å². The first kappa shape index (κ1) is 23.2. The van der Waals surface area contributed by atoms with Gasteiger partial charge in [-0.15, -0.1) is 0 Å². The Balaban J connectivity index is 1.74. The first-order valence-electron chi connectivity index (χ1n) is 11.6. The van der Waals surface area contributed by atoms with Gasteiger partial charge in [0.05, 0.1) is 11.0 Å². The van der Waals surface area contributed by atoms with Gasteiger partial charge in [-0.1, -0.05) is 49.9 Å². The van der Waals surface area contributed by atoms with E-state index in [9.17, 15) is 9.59 Å². The Morgan fingerprint density at radius 2 is 1.76 bits per heavy atom. The molecule has 0 saturated carbocycles. The molecule has 2 aromatic carbocycles. The van der Waals surface area contributed by atoms with Crippen LogP contribution in [0.4, 0.5) is 0 Å². The Morgan fingerprint density at radius 1 is 0.970 bits per heavy atom. The summed E-state index contributed by atoms with van der Waals surface area (Å²) in [4.78, 5) is 35.5. The molecule has 6 nitrogen and oxygen atoms in total. The maximum Gasteiger partial charge on any atom is 0.349 e. The lowest BCUT2D eigenvalue weighted by Gasteiger charge is -2.18. The molecule has 2 aromatic rings. The largest absolute Gasteiger partial charge is 0.349 e. The Hall–Kier alpha value is -2.99. The van der Waals surface area contributed by atoms with Crippen LogP contribution in [0.3, 0.4) is 0 Å². The van der Waals surface area contributed by atoms with E-state index in [1.165, 1.54) is 36.0 Å². The zero-order valence-corrected chi connectivity index (χ0v) is 19.9. The summed E-state index contributed by atoms with van der Waals surface area (Å²) in [6, 6.07) is 12.0. The molecule has 1 N–H and O–H groups in total. The van der Waals surface area contributed by atoms with Crippen LogP contribution in [-0.2, 0) is 19.4 Å². The molecular formula is C26H29ClN4O2. The fourth-order valence-electron chi connectivity index (χ4n) is 4.32. The summed E-state index contributed by atoms with van der Waals surface area (Å²) < 4.78 is 1.99. The molecule has 0 amide bonds. The number of nitrogens with zero attached hydrogens (tertiary/aromatic N) is 3. The molecule has 33 heavy (non-hydrogen) atoms. The molecule has 0 radical (unpaired) electrons. The van der Waals surface area contributed by atoms with Crippen molar-refractivity contribution in [1.29, 1.82) is 0 Å². The number of halogens is 1. The number of hydrogen-bond donors (Lipinski definition) is 1. The summed E-state index contributed by atoms with van der Waals surface area (Å²) in [5, 5.41) is 0.715. The van der Waals surface area contributed by atoms with Crippen molar-refractivity contribution in [2.24, 2.45) is 0 Å². The zero-order valence-electron chi connectivity index (χ0n) is 19.2. The molecule has 0 spiro atoms. The first-order chi connectivity index (χ1) is 16.0. The molecule has 2 heterocycles. The second-order valence-corrected chi connectivity index (χ2v) is 9.05. The standard InChI is InChI=1S/C26H29ClN4O2/c1-3-4-5-6-9-19-16-22-21(15-17(19)2)28-23-24(29-26(33)30-25(23)32)31(22)14-7-8-18-10-12-20(27)13-11-18/h10-13,15-16H,3-9,14H2,1-2H3,(H,30,32,33). The van der Waals surface area contributed by atoms with E-state index in [1.54, 1.807) is 0 Å². The second-order valence-electron chi connectivity index (χ2n) is 8.61. The molecule has 0 aromatic heterocycles. The molecule has 0 bridgehead atoms. The van der Waals surface area contributed by atoms with Crippen molar-refractivity contribution in [2.45, 2.75) is 65.3 Å². The first-order valence-corrected chi connectivity index (χ1v) is 12.0. The fraction of sp³-hybridized carbons (Fsp3) is 0.385. The van der Waals surface area contributed by atoms with Gasteiger partial charge in [-0.2, -0.15) is 4.98 Å². The van der Waals surface area contributed by atoms with E-state index in [-0.39, 0.29) is 5.69 Å². The van der Waals surface area contributed by atoms with Crippen molar-refractivity contribution in [3.63, 3.8) is 0 Å². The molecule has 2 aliphatic heterocycles. The van der Waals surface area contributed by atoms with Crippen LogP contribution in [-0.4, -0.2) is 19.5 Å². The zero-order chi connectivity index (χ0) is 23.4. The van der Waals surface area contributed by atoms with Gasteiger partial charge in [0, 0.05) is 11.6 Å². The van der Waals surface area contributed by atoms with Crippen LogP contribution in [0, 0.1) is 6.92 Å². The van der Waals surface area contributed by atoms with E-state index in [0.717, 1.165) is 36.7 Å². The third kappa shape index (κ3) is 5.33. The maximum absolute atomic E-state index is 12.5. The van der Waals surface area contributed by atoms with Crippen LogP contribution in [0.25, 0.3) is 22.6 Å². The molecule has 0 aliphatic carbocycles. The van der Waals surface area contributed by atoms with E-state index < -0.39 is 11.2 Å². The van der Waals surface area contributed by atoms with Crippen molar-refractivity contribution in [3.8, 4) is 11.5 Å². The molecule has 172 valence electrons. The lowest BCUT2D eigenvalue weighted by atomic mass is 10.0. The van der Waals surface area contributed by atoms with Crippen LogP contribution >= 0.6 is 11.6 Å². The Kier molecular flexibility index (Phi) is 7.23. The summed E-state index contributed by atoms with van der Waals surface area (Å²) in [6.07, 6.45) is 7.46. The van der Waals surface area contributed by atoms with Gasteiger partial charge in [0.2, 0.25) is 0 Å². The van der Waals surface area contributed by atoms with Crippen molar-refractivity contribution in [3.05, 3.63) is 78.9 Å². The van der Waals surface area contributed by atoms with Gasteiger partial charge in [-0.05, 0) is 73.6 Å². The number of aryl methyl sites for hydroxylation is 4. The number of aromatic amines is 1. The highest BCUT2D eigenvalue weighted by atomic mass is 35.5. The van der Waals surface area contributed by atoms with Gasteiger partial charge >= 0.3 is 5.69 Å². The molecule has 4 rings (SSSR count). The van der Waals surface area contributed by atoms with Gasteiger partial charge in [-0.3, -0.25) is 9.78 Å². The molecule has 0 saturated heterocycles. The maximum atomic E-state index is 12.5. The number of unbranched alkanes of at least 4 members (excludes halogenated alkanes) is 3. The Labute approximate surface area is 198 Å². The molecular weight excluding hydrogens is 436 g/mol. The van der Waals surface area contributed by atoms with Crippen molar-refractivity contribution in [1.82, 2.24) is 19.5 Å². The van der Waals surface area contributed by atoms with Gasteiger partial charge in [0.15, 0.2) is 11.5 Å². The van der Waals surface area contributed by atoms with Gasteiger partial charge in [-0.25, -0.2) is 9.78 Å². The van der Waals surface area contributed by atoms with Crippen LogP contribution in [0.1, 0.15) is 55.7 Å². The average molecular weight is 465 g/mol. The number of rotatable bonds is 9. The fourth-order valence-corrected chi connectivity index (χ4v) is 4.45. The normalized spacial score (nSPS) is 11.5. The topological polar surface area (TPSA) is 80.6 Å². The lowest BCUT2D eigenvalue weighted by molar-refractivity contribution is 0.647. The number of H-pyrrole nitrogens is 1. The summed E-state index contributed by atoms with van der Waals surface area (Å²) in [7, 11) is 0. The van der Waals surface area contributed by atoms with Crippen molar-refractivity contribution >= 4 is 22.6 Å². The molecule has 7 heteroatoms. The van der Waals surface area contributed by atoms with Crippen LogP contribution in [0.2, 0.25) is 5.02 Å². The van der Waals surface area contributed by atoms with Crippen LogP contribution < -0.4 is 11.2 Å². The minimum atomic E-state index is -0.646. The summed E-state index contributed by atoms with van der Waals surface area (Å²) in [6.45, 7) is 4.92. The van der Waals surface area contributed by atoms with E-state index in [1.807, 2.05) is 34.9 Å². The number of benzene rings is 2. The van der Waals surface area contributed by atoms with Gasteiger partial charge in [0.1, 0.15) is 0 Å². The average Bonchev–Trinajstić information content (AvgIpc) is 2.78. The Bertz CT molecular complexity index is 1340. The number of nitrogens with one attached hydrogen (secondary N) is 1. The van der Waals surface area contributed by atoms with Gasteiger partial charge in [0.25, 0.3) is 5.56 Å². The summed E-state index contributed by atoms with van der Waals surface area (Å²) in [5.74, 6) is 0.341. The molecule has 2 aliphatic rings. The van der Waals surface area contributed by atoms with Gasteiger partial charge < -0.3 is 4.57 Å². The summed E-state index contributed by atoms with van der Waals surface area (Å²) >= 11 is 6.00. The van der Waals surface area contributed by atoms with Crippen LogP contribution in [0.15, 0.2) is 46.0 Å². The molecule has 0 unspecified atom stereocenters. The SMILES string of the molecule is CCCCCCc1cc2c(cc1C)nc1c(=O)[nH]c(=O)nc-1n2CCCc1ccc(Cl)cc1. The minimum absolute atomic E-state index is 0.198. The van der Waals surface area contributed by atoms with Crippen molar-refractivity contribution < 1.29 is 0 Å².